The van der Waals surface area contributed by atoms with Crippen LogP contribution in [0.5, 0.6) is 5.75 Å². The third kappa shape index (κ3) is 6.64. The Balaban J connectivity index is 2.24. The van der Waals surface area contributed by atoms with Crippen LogP contribution in [0.1, 0.15) is 12.8 Å². The highest BCUT2D eigenvalue weighted by Crippen LogP contribution is 2.27. The molecule has 0 aliphatic carbocycles. The number of carbonyl (C=O) groups is 2. The minimum atomic E-state index is -0.426. The largest absolute Gasteiger partial charge is 0.492 e. The van der Waals surface area contributed by atoms with Gasteiger partial charge in [0.15, 0.2) is 0 Å². The van der Waals surface area contributed by atoms with E-state index in [-0.39, 0.29) is 0 Å². The van der Waals surface area contributed by atoms with Crippen LogP contribution in [-0.2, 0) is 4.79 Å². The van der Waals surface area contributed by atoms with E-state index in [1.165, 1.54) is 0 Å². The van der Waals surface area contributed by atoms with Gasteiger partial charge in [-0.25, -0.2) is 4.79 Å². The van der Waals surface area contributed by atoms with Crippen molar-refractivity contribution in [3.63, 3.8) is 0 Å². The molecule has 3 N–H and O–H groups in total. The molecule has 0 saturated heterocycles. The third-order valence-electron chi connectivity index (χ3n) is 2.74. The van der Waals surface area contributed by atoms with Gasteiger partial charge in [0.1, 0.15) is 5.75 Å². The molecule has 122 valence electrons. The van der Waals surface area contributed by atoms with Gasteiger partial charge >= 0.3 is 6.03 Å². The number of hydrogen-bond donors (Lipinski definition) is 2. The molecular weight excluding hydrogens is 374 g/mol. The van der Waals surface area contributed by atoms with Crippen molar-refractivity contribution < 1.29 is 14.3 Å². The SMILES string of the molecule is NCCCN(C=O)C(=O)NCCCOc1ccc(Br)cc1Cl. The summed E-state index contributed by atoms with van der Waals surface area (Å²) in [5, 5.41) is 3.17. The lowest BCUT2D eigenvalue weighted by Gasteiger charge is -2.16. The van der Waals surface area contributed by atoms with Crippen molar-refractivity contribution >= 4 is 40.0 Å². The highest BCUT2D eigenvalue weighted by Gasteiger charge is 2.10. The van der Waals surface area contributed by atoms with E-state index in [1.807, 2.05) is 6.07 Å². The molecule has 0 radical (unpaired) electrons. The number of benzene rings is 1. The summed E-state index contributed by atoms with van der Waals surface area (Å²) in [6.07, 6.45) is 1.68. The smallest absolute Gasteiger partial charge is 0.323 e. The summed E-state index contributed by atoms with van der Waals surface area (Å²) in [5.41, 5.74) is 5.34. The second-order valence-corrected chi connectivity index (χ2v) is 5.77. The number of imide groups is 1. The van der Waals surface area contributed by atoms with E-state index in [9.17, 15) is 9.59 Å². The Hall–Kier alpha value is -1.31. The molecule has 0 heterocycles. The summed E-state index contributed by atoms with van der Waals surface area (Å²) in [6.45, 7) is 1.56. The maximum Gasteiger partial charge on any atom is 0.323 e. The van der Waals surface area contributed by atoms with Gasteiger partial charge in [-0.3, -0.25) is 9.69 Å². The molecule has 6 nitrogen and oxygen atoms in total. The van der Waals surface area contributed by atoms with E-state index in [0.29, 0.717) is 56.3 Å². The van der Waals surface area contributed by atoms with Crippen LogP contribution in [0.2, 0.25) is 5.02 Å². The number of urea groups is 1. The zero-order chi connectivity index (χ0) is 16.4. The summed E-state index contributed by atoms with van der Waals surface area (Å²) in [5.74, 6) is 0.591. The van der Waals surface area contributed by atoms with Gasteiger partial charge in [0, 0.05) is 17.6 Å². The van der Waals surface area contributed by atoms with Crippen molar-refractivity contribution in [1.29, 1.82) is 0 Å². The Morgan fingerprint density at radius 3 is 2.86 bits per heavy atom. The predicted molar refractivity (Wildman–Crippen MR) is 89.1 cm³/mol. The lowest BCUT2D eigenvalue weighted by molar-refractivity contribution is -0.115. The minimum Gasteiger partial charge on any atom is -0.492 e. The Labute approximate surface area is 143 Å². The van der Waals surface area contributed by atoms with Gasteiger partial charge in [0.2, 0.25) is 6.41 Å². The molecule has 0 bridgehead atoms. The number of rotatable bonds is 9. The highest BCUT2D eigenvalue weighted by atomic mass is 79.9. The molecule has 22 heavy (non-hydrogen) atoms. The van der Waals surface area contributed by atoms with Gasteiger partial charge < -0.3 is 15.8 Å². The average molecular weight is 393 g/mol. The fourth-order valence-corrected chi connectivity index (χ4v) is 2.34. The van der Waals surface area contributed by atoms with Gasteiger partial charge in [-0.05, 0) is 37.6 Å². The first-order valence-electron chi connectivity index (χ1n) is 6.86. The molecule has 0 fully saturated rings. The van der Waals surface area contributed by atoms with Crippen molar-refractivity contribution in [1.82, 2.24) is 10.2 Å². The van der Waals surface area contributed by atoms with Gasteiger partial charge in [0.05, 0.1) is 11.6 Å². The maximum absolute atomic E-state index is 11.7. The molecule has 1 aromatic rings. The van der Waals surface area contributed by atoms with Crippen LogP contribution < -0.4 is 15.8 Å². The molecule has 0 spiro atoms. The van der Waals surface area contributed by atoms with Crippen LogP contribution in [-0.4, -0.2) is 43.6 Å². The third-order valence-corrected chi connectivity index (χ3v) is 3.53. The zero-order valence-corrected chi connectivity index (χ0v) is 14.4. The van der Waals surface area contributed by atoms with Crippen molar-refractivity contribution in [3.8, 4) is 5.75 Å². The Kier molecular flexibility index (Phi) is 8.88. The Morgan fingerprint density at radius 1 is 1.45 bits per heavy atom. The van der Waals surface area contributed by atoms with E-state index in [0.717, 1.165) is 9.37 Å². The lowest BCUT2D eigenvalue weighted by atomic mass is 10.3. The van der Waals surface area contributed by atoms with E-state index in [4.69, 9.17) is 22.1 Å². The van der Waals surface area contributed by atoms with Crippen molar-refractivity contribution in [3.05, 3.63) is 27.7 Å². The first kappa shape index (κ1) is 18.7. The summed E-state index contributed by atoms with van der Waals surface area (Å²) < 4.78 is 6.40. The first-order valence-corrected chi connectivity index (χ1v) is 8.03. The number of nitrogens with zero attached hydrogens (tertiary/aromatic N) is 1. The number of carbonyl (C=O) groups excluding carboxylic acids is 2. The van der Waals surface area contributed by atoms with Crippen LogP contribution in [0, 0.1) is 0 Å². The van der Waals surface area contributed by atoms with E-state index >= 15 is 0 Å². The fraction of sp³-hybridized carbons (Fsp3) is 0.429. The Bertz CT molecular complexity index is 502. The van der Waals surface area contributed by atoms with Gasteiger partial charge in [-0.1, -0.05) is 27.5 Å². The average Bonchev–Trinajstić information content (AvgIpc) is 2.49. The maximum atomic E-state index is 11.7. The molecule has 0 aromatic heterocycles. The second kappa shape index (κ2) is 10.4. The number of ether oxygens (including phenoxy) is 1. The van der Waals surface area contributed by atoms with Crippen LogP contribution in [0.25, 0.3) is 0 Å². The molecule has 0 atom stereocenters. The van der Waals surface area contributed by atoms with E-state index in [2.05, 4.69) is 21.2 Å². The van der Waals surface area contributed by atoms with Crippen molar-refractivity contribution in [2.45, 2.75) is 12.8 Å². The standard InChI is InChI=1S/C14H19BrClN3O3/c15-11-3-4-13(12(16)9-11)22-8-2-6-18-14(21)19(10-20)7-1-5-17/h3-4,9-10H,1-2,5-8,17H2,(H,18,21). The summed E-state index contributed by atoms with van der Waals surface area (Å²) in [6, 6.07) is 4.93. The quantitative estimate of drug-likeness (QED) is 0.499. The topological polar surface area (TPSA) is 84.7 Å². The van der Waals surface area contributed by atoms with Crippen LogP contribution in [0.4, 0.5) is 4.79 Å². The van der Waals surface area contributed by atoms with Crippen LogP contribution in [0.3, 0.4) is 0 Å². The summed E-state index contributed by atoms with van der Waals surface area (Å²) >= 11 is 9.34. The predicted octanol–water partition coefficient (Wildman–Crippen LogP) is 2.39. The highest BCUT2D eigenvalue weighted by molar-refractivity contribution is 9.10. The normalized spacial score (nSPS) is 10.1. The summed E-state index contributed by atoms with van der Waals surface area (Å²) in [4.78, 5) is 23.5. The fourth-order valence-electron chi connectivity index (χ4n) is 1.61. The molecule has 1 aromatic carbocycles. The second-order valence-electron chi connectivity index (χ2n) is 4.45. The number of halogens is 2. The Morgan fingerprint density at radius 2 is 2.23 bits per heavy atom. The molecule has 3 amide bonds. The zero-order valence-electron chi connectivity index (χ0n) is 12.1. The minimum absolute atomic E-state index is 0.316. The van der Waals surface area contributed by atoms with Crippen molar-refractivity contribution in [2.24, 2.45) is 5.73 Å². The molecular formula is C14H19BrClN3O3. The molecule has 0 aliphatic heterocycles. The van der Waals surface area contributed by atoms with E-state index < -0.39 is 6.03 Å². The van der Waals surface area contributed by atoms with Crippen LogP contribution in [0.15, 0.2) is 22.7 Å². The molecule has 0 unspecified atom stereocenters. The van der Waals surface area contributed by atoms with Crippen molar-refractivity contribution in [2.75, 3.05) is 26.2 Å². The van der Waals surface area contributed by atoms with Crippen LogP contribution >= 0.6 is 27.5 Å². The molecule has 8 heteroatoms. The number of hydrogen-bond acceptors (Lipinski definition) is 4. The molecule has 1 rings (SSSR count). The molecule has 0 saturated carbocycles. The lowest BCUT2D eigenvalue weighted by Crippen LogP contribution is -2.40. The molecule has 0 aliphatic rings. The number of nitrogens with two attached hydrogens (primary N) is 1. The number of nitrogens with one attached hydrogen (secondary N) is 1. The number of amides is 3. The van der Waals surface area contributed by atoms with Gasteiger partial charge in [-0.2, -0.15) is 0 Å². The summed E-state index contributed by atoms with van der Waals surface area (Å²) in [7, 11) is 0. The van der Waals surface area contributed by atoms with Gasteiger partial charge in [-0.15, -0.1) is 0 Å². The van der Waals surface area contributed by atoms with Gasteiger partial charge in [0.25, 0.3) is 0 Å². The monoisotopic (exact) mass is 391 g/mol. The first-order chi connectivity index (χ1) is 10.6. The van der Waals surface area contributed by atoms with E-state index in [1.54, 1.807) is 12.1 Å².